The molecule has 0 unspecified atom stereocenters. The molecule has 0 saturated carbocycles. The Bertz CT molecular complexity index is 1230. The maximum absolute atomic E-state index is 10.6. The van der Waals surface area contributed by atoms with Crippen LogP contribution in [0.5, 0.6) is 5.75 Å². The smallest absolute Gasteiger partial charge is 0.188 e. The van der Waals surface area contributed by atoms with Crippen molar-refractivity contribution < 1.29 is 9.22 Å². The Kier molecular flexibility index (Phi) is 4.91. The van der Waals surface area contributed by atoms with Crippen molar-refractivity contribution in [2.45, 2.75) is 18.9 Å². The summed E-state index contributed by atoms with van der Waals surface area (Å²) in [6.45, 7) is -0.307. The predicted octanol–water partition coefficient (Wildman–Crippen LogP) is 3.53. The van der Waals surface area contributed by atoms with Crippen LogP contribution in [0.3, 0.4) is 0 Å². The lowest BCUT2D eigenvalue weighted by Crippen LogP contribution is -2.41. The topological polar surface area (TPSA) is 92.0 Å². The van der Waals surface area contributed by atoms with Crippen LogP contribution in [0, 0.1) is 0 Å². The molecule has 0 bridgehead atoms. The molecule has 1 aliphatic rings. The van der Waals surface area contributed by atoms with Gasteiger partial charge in [0.25, 0.3) is 0 Å². The Morgan fingerprint density at radius 3 is 2.70 bits per heavy atom. The molecule has 158 valence electrons. The molecule has 0 aromatic carbocycles. The van der Waals surface area contributed by atoms with Gasteiger partial charge in [-0.15, -0.1) is 12.4 Å². The van der Waals surface area contributed by atoms with E-state index < -0.39 is 6.98 Å². The normalized spacial score (nSPS) is 16.6. The number of halogens is 1. The molecule has 4 aromatic heterocycles. The van der Waals surface area contributed by atoms with Gasteiger partial charge in [-0.05, 0) is 32.0 Å². The SMILES string of the molecule is Cl.[2H]C([2H])([2H])n1cc(-c2cnc(-c3nc4sc(N(C)C5CCNCC5)nc4s3)c(O)c2)cn1. The summed E-state index contributed by atoms with van der Waals surface area (Å²) in [5, 5.41) is 19.4. The predicted molar refractivity (Wildman–Crippen MR) is 124 cm³/mol. The van der Waals surface area contributed by atoms with Gasteiger partial charge in [-0.3, -0.25) is 4.68 Å². The molecule has 0 atom stereocenters. The molecule has 1 fully saturated rings. The first-order chi connectivity index (χ1) is 15.3. The Labute approximate surface area is 192 Å². The Balaban J connectivity index is 0.00000259. The molecule has 5 heterocycles. The number of fused-ring (bicyclic) bond motifs is 1. The van der Waals surface area contributed by atoms with Crippen molar-refractivity contribution in [2.75, 3.05) is 25.0 Å². The van der Waals surface area contributed by atoms with E-state index in [9.17, 15) is 5.11 Å². The number of hydrogen-bond donors (Lipinski definition) is 2. The molecule has 0 aliphatic carbocycles. The molecule has 0 radical (unpaired) electrons. The second kappa shape index (κ2) is 8.46. The molecular formula is C19H22ClN7OS2. The minimum Gasteiger partial charge on any atom is -0.506 e. The molecule has 4 aromatic rings. The molecule has 11 heteroatoms. The minimum absolute atomic E-state index is 0. The van der Waals surface area contributed by atoms with Crippen LogP contribution in [-0.2, 0) is 6.98 Å². The quantitative estimate of drug-likeness (QED) is 0.475. The van der Waals surface area contributed by atoms with Crippen LogP contribution in [0.4, 0.5) is 5.13 Å². The number of piperidine rings is 1. The summed E-state index contributed by atoms with van der Waals surface area (Å²) in [4.78, 5) is 17.7. The number of nitrogens with zero attached hydrogens (tertiary/aromatic N) is 6. The molecule has 2 N–H and O–H groups in total. The van der Waals surface area contributed by atoms with Crippen LogP contribution >= 0.6 is 35.1 Å². The summed E-state index contributed by atoms with van der Waals surface area (Å²) in [5.74, 6) is -0.0300. The number of hydrogen-bond acceptors (Lipinski definition) is 9. The van der Waals surface area contributed by atoms with Crippen LogP contribution in [0.25, 0.3) is 31.5 Å². The number of aromatic nitrogens is 5. The van der Waals surface area contributed by atoms with Crippen LogP contribution < -0.4 is 10.2 Å². The number of thiazole rings is 2. The Morgan fingerprint density at radius 1 is 1.20 bits per heavy atom. The van der Waals surface area contributed by atoms with Crippen LogP contribution in [0.1, 0.15) is 17.0 Å². The summed E-state index contributed by atoms with van der Waals surface area (Å²) in [5.41, 5.74) is 1.51. The zero-order chi connectivity index (χ0) is 22.5. The first kappa shape index (κ1) is 17.4. The van der Waals surface area contributed by atoms with Crippen molar-refractivity contribution >= 4 is 49.9 Å². The van der Waals surface area contributed by atoms with Crippen molar-refractivity contribution in [3.63, 3.8) is 0 Å². The second-order valence-corrected chi connectivity index (χ2v) is 8.92. The molecule has 8 nitrogen and oxygen atoms in total. The fourth-order valence-corrected chi connectivity index (χ4v) is 5.56. The first-order valence-electron chi connectivity index (χ1n) is 10.8. The summed E-state index contributed by atoms with van der Waals surface area (Å²) >= 11 is 2.94. The zero-order valence-corrected chi connectivity index (χ0v) is 18.5. The molecule has 30 heavy (non-hydrogen) atoms. The van der Waals surface area contributed by atoms with E-state index in [0.717, 1.165) is 45.4 Å². The fraction of sp³-hybridized carbons (Fsp3) is 0.368. The van der Waals surface area contributed by atoms with Gasteiger partial charge < -0.3 is 15.3 Å². The van der Waals surface area contributed by atoms with Gasteiger partial charge in [0.05, 0.1) is 6.20 Å². The van der Waals surface area contributed by atoms with E-state index in [4.69, 9.17) is 9.10 Å². The van der Waals surface area contributed by atoms with E-state index in [0.29, 0.717) is 27.9 Å². The van der Waals surface area contributed by atoms with Gasteiger partial charge >= 0.3 is 0 Å². The average Bonchev–Trinajstić information content (AvgIpc) is 3.48. The monoisotopic (exact) mass is 466 g/mol. The molecular weight excluding hydrogens is 442 g/mol. The lowest BCUT2D eigenvalue weighted by Gasteiger charge is -2.31. The van der Waals surface area contributed by atoms with Gasteiger partial charge in [0.1, 0.15) is 16.5 Å². The summed E-state index contributed by atoms with van der Waals surface area (Å²) < 4.78 is 23.2. The van der Waals surface area contributed by atoms with Crippen LogP contribution in [-0.4, -0.2) is 56.0 Å². The Hall–Kier alpha value is -2.27. The highest BCUT2D eigenvalue weighted by Crippen LogP contribution is 2.39. The molecule has 1 aliphatic heterocycles. The molecule has 5 rings (SSSR count). The van der Waals surface area contributed by atoms with Gasteiger partial charge in [-0.25, -0.2) is 15.0 Å². The number of anilines is 1. The minimum atomic E-state index is -2.35. The van der Waals surface area contributed by atoms with E-state index >= 15 is 0 Å². The second-order valence-electron chi connectivity index (χ2n) is 6.98. The van der Waals surface area contributed by atoms with Crippen molar-refractivity contribution in [1.29, 1.82) is 0 Å². The lowest BCUT2D eigenvalue weighted by atomic mass is 10.1. The van der Waals surface area contributed by atoms with Crippen molar-refractivity contribution in [1.82, 2.24) is 30.0 Å². The van der Waals surface area contributed by atoms with E-state index in [2.05, 4.69) is 32.3 Å². The highest BCUT2D eigenvalue weighted by Gasteiger charge is 2.22. The third-order valence-corrected chi connectivity index (χ3v) is 7.23. The number of aromatic hydroxyl groups is 1. The molecule has 0 spiro atoms. The van der Waals surface area contributed by atoms with E-state index in [1.165, 1.54) is 23.7 Å². The highest BCUT2D eigenvalue weighted by molar-refractivity contribution is 7.29. The molecule has 0 amide bonds. The van der Waals surface area contributed by atoms with E-state index in [-0.39, 0.29) is 18.2 Å². The number of nitrogens with one attached hydrogen (secondary N) is 1. The summed E-state index contributed by atoms with van der Waals surface area (Å²) in [7, 11) is 2.08. The maximum Gasteiger partial charge on any atom is 0.188 e. The van der Waals surface area contributed by atoms with E-state index in [1.807, 2.05) is 0 Å². The van der Waals surface area contributed by atoms with Crippen molar-refractivity contribution in [3.8, 4) is 27.6 Å². The van der Waals surface area contributed by atoms with Crippen LogP contribution in [0.2, 0.25) is 0 Å². The maximum atomic E-state index is 10.6. The highest BCUT2D eigenvalue weighted by atomic mass is 35.5. The largest absolute Gasteiger partial charge is 0.506 e. The van der Waals surface area contributed by atoms with Gasteiger partial charge in [-0.2, -0.15) is 5.10 Å². The van der Waals surface area contributed by atoms with Gasteiger partial charge in [0.2, 0.25) is 0 Å². The standard InChI is InChI=1S/C19H21N7OS2.ClH/c1-25-10-12(9-22-25)11-7-14(27)15(21-8-11)16-23-17-18(28-16)24-19(29-17)26(2)13-3-5-20-6-4-13;/h7-10,13,20,27H,3-6H2,1-2H3;1H/i1D3;. The third-order valence-electron chi connectivity index (χ3n) is 5.11. The number of rotatable bonds is 4. The van der Waals surface area contributed by atoms with Crippen LogP contribution in [0.15, 0.2) is 24.7 Å². The first-order valence-corrected chi connectivity index (χ1v) is 10.9. The third kappa shape index (κ3) is 3.87. The van der Waals surface area contributed by atoms with E-state index in [1.54, 1.807) is 23.6 Å². The zero-order valence-electron chi connectivity index (χ0n) is 19.1. The van der Waals surface area contributed by atoms with Gasteiger partial charge in [0.15, 0.2) is 14.8 Å². The Morgan fingerprint density at radius 2 is 2.00 bits per heavy atom. The molecule has 1 saturated heterocycles. The number of aryl methyl sites for hydroxylation is 1. The average molecular weight is 467 g/mol. The van der Waals surface area contributed by atoms with Gasteiger partial charge in [-0.1, -0.05) is 22.7 Å². The van der Waals surface area contributed by atoms with Gasteiger partial charge in [0, 0.05) is 47.7 Å². The lowest BCUT2D eigenvalue weighted by molar-refractivity contribution is 0.443. The number of pyridine rings is 1. The van der Waals surface area contributed by atoms with Crippen molar-refractivity contribution in [3.05, 3.63) is 24.7 Å². The summed E-state index contributed by atoms with van der Waals surface area (Å²) in [6.07, 6.45) is 6.61. The van der Waals surface area contributed by atoms with Crippen molar-refractivity contribution in [2.24, 2.45) is 6.98 Å². The summed E-state index contributed by atoms with van der Waals surface area (Å²) in [6, 6.07) is 2.02. The fourth-order valence-electron chi connectivity index (χ4n) is 3.48.